The average molecular weight is 367 g/mol. The average Bonchev–Trinajstić information content (AvgIpc) is 2.90. The van der Waals surface area contributed by atoms with E-state index in [4.69, 9.17) is 9.47 Å². The van der Waals surface area contributed by atoms with Crippen molar-refractivity contribution in [1.29, 1.82) is 0 Å². The minimum atomic E-state index is -0.426. The summed E-state index contributed by atoms with van der Waals surface area (Å²) in [4.78, 5) is 24.0. The normalized spacial score (nSPS) is 13.7. The second kappa shape index (κ2) is 7.53. The third kappa shape index (κ3) is 4.37. The molecule has 1 aliphatic rings. The van der Waals surface area contributed by atoms with Crippen molar-refractivity contribution < 1.29 is 19.1 Å². The van der Waals surface area contributed by atoms with Crippen LogP contribution >= 0.6 is 0 Å². The van der Waals surface area contributed by atoms with Crippen LogP contribution in [0, 0.1) is 0 Å². The Hall–Kier alpha value is -2.66. The van der Waals surface area contributed by atoms with Gasteiger partial charge in [0.2, 0.25) is 0 Å². The first kappa shape index (κ1) is 19.1. The molecule has 1 atom stereocenters. The highest BCUT2D eigenvalue weighted by molar-refractivity contribution is 6.22. The number of carbonyl (C=O) groups excluding carboxylic acids is 2. The molecule has 0 aromatic heterocycles. The van der Waals surface area contributed by atoms with Crippen molar-refractivity contribution in [2.24, 2.45) is 0 Å². The number of esters is 1. The standard InChI is InChI=1S/C22H25NO4/c1-14(24)27-15(12-23-22(2,3)4)13-26-19-11-7-10-18-20(19)16-8-5-6-9-17(16)21(18)25/h5-11,15,23H,12-13H2,1-4H3. The molecule has 0 amide bonds. The Morgan fingerprint density at radius 2 is 1.70 bits per heavy atom. The Morgan fingerprint density at radius 1 is 1.04 bits per heavy atom. The van der Waals surface area contributed by atoms with E-state index in [-0.39, 0.29) is 23.9 Å². The van der Waals surface area contributed by atoms with Crippen LogP contribution in [-0.4, -0.2) is 36.5 Å². The van der Waals surface area contributed by atoms with Crippen LogP contribution in [0.1, 0.15) is 43.6 Å². The first-order valence-electron chi connectivity index (χ1n) is 9.08. The summed E-state index contributed by atoms with van der Waals surface area (Å²) in [7, 11) is 0. The highest BCUT2D eigenvalue weighted by atomic mass is 16.6. The van der Waals surface area contributed by atoms with E-state index in [0.29, 0.717) is 23.4 Å². The lowest BCUT2D eigenvalue weighted by molar-refractivity contribution is -0.147. The van der Waals surface area contributed by atoms with E-state index in [9.17, 15) is 9.59 Å². The molecule has 0 saturated heterocycles. The molecular formula is C22H25NO4. The molecule has 0 radical (unpaired) electrons. The van der Waals surface area contributed by atoms with Gasteiger partial charge in [0.05, 0.1) is 0 Å². The number of fused-ring (bicyclic) bond motifs is 3. The zero-order valence-corrected chi connectivity index (χ0v) is 16.2. The largest absolute Gasteiger partial charge is 0.489 e. The fraction of sp³-hybridized carbons (Fsp3) is 0.364. The van der Waals surface area contributed by atoms with Crippen LogP contribution in [0.15, 0.2) is 42.5 Å². The van der Waals surface area contributed by atoms with E-state index >= 15 is 0 Å². The van der Waals surface area contributed by atoms with E-state index in [1.165, 1.54) is 6.92 Å². The van der Waals surface area contributed by atoms with Gasteiger partial charge in [0.1, 0.15) is 18.5 Å². The Morgan fingerprint density at radius 3 is 2.37 bits per heavy atom. The molecule has 5 heteroatoms. The van der Waals surface area contributed by atoms with Gasteiger partial charge in [-0.15, -0.1) is 0 Å². The maximum Gasteiger partial charge on any atom is 0.303 e. The molecule has 1 aliphatic carbocycles. The minimum Gasteiger partial charge on any atom is -0.489 e. The van der Waals surface area contributed by atoms with Gasteiger partial charge in [-0.1, -0.05) is 36.4 Å². The summed E-state index contributed by atoms with van der Waals surface area (Å²) in [5.74, 6) is 0.286. The Balaban J connectivity index is 1.81. The number of hydrogen-bond donors (Lipinski definition) is 1. The number of hydrogen-bond acceptors (Lipinski definition) is 5. The Labute approximate surface area is 159 Å². The van der Waals surface area contributed by atoms with Crippen molar-refractivity contribution in [1.82, 2.24) is 5.32 Å². The van der Waals surface area contributed by atoms with E-state index < -0.39 is 6.10 Å². The van der Waals surface area contributed by atoms with Crippen molar-refractivity contribution in [3.05, 3.63) is 53.6 Å². The summed E-state index contributed by atoms with van der Waals surface area (Å²) in [6, 6.07) is 13.0. The molecule has 0 spiro atoms. The smallest absolute Gasteiger partial charge is 0.303 e. The van der Waals surface area contributed by atoms with Crippen LogP contribution in [0.5, 0.6) is 5.75 Å². The van der Waals surface area contributed by atoms with Gasteiger partial charge in [-0.2, -0.15) is 0 Å². The molecule has 0 bridgehead atoms. The lowest BCUT2D eigenvalue weighted by Crippen LogP contribution is -2.44. The predicted octanol–water partition coefficient (Wildman–Crippen LogP) is 3.60. The topological polar surface area (TPSA) is 64.6 Å². The second-order valence-corrected chi connectivity index (χ2v) is 7.73. The van der Waals surface area contributed by atoms with Crippen molar-refractivity contribution >= 4 is 11.8 Å². The maximum atomic E-state index is 12.6. The molecule has 5 nitrogen and oxygen atoms in total. The predicted molar refractivity (Wildman–Crippen MR) is 104 cm³/mol. The van der Waals surface area contributed by atoms with Crippen LogP contribution in [0.3, 0.4) is 0 Å². The summed E-state index contributed by atoms with van der Waals surface area (Å²) in [5.41, 5.74) is 2.92. The monoisotopic (exact) mass is 367 g/mol. The number of benzene rings is 2. The highest BCUT2D eigenvalue weighted by Gasteiger charge is 2.29. The van der Waals surface area contributed by atoms with Crippen LogP contribution in [0.25, 0.3) is 11.1 Å². The number of nitrogens with one attached hydrogen (secondary N) is 1. The molecule has 2 aromatic rings. The lowest BCUT2D eigenvalue weighted by atomic mass is 10.0. The molecule has 3 rings (SSSR count). The number of carbonyl (C=O) groups is 2. The molecule has 1 unspecified atom stereocenters. The van der Waals surface area contributed by atoms with Crippen LogP contribution in [0.4, 0.5) is 0 Å². The maximum absolute atomic E-state index is 12.6. The van der Waals surface area contributed by atoms with Gasteiger partial charge in [-0.25, -0.2) is 0 Å². The molecule has 0 aliphatic heterocycles. The van der Waals surface area contributed by atoms with Crippen LogP contribution < -0.4 is 10.1 Å². The van der Waals surface area contributed by atoms with Crippen LogP contribution in [0.2, 0.25) is 0 Å². The molecule has 0 saturated carbocycles. The zero-order chi connectivity index (χ0) is 19.6. The van der Waals surface area contributed by atoms with Crippen molar-refractivity contribution in [2.45, 2.75) is 39.3 Å². The van der Waals surface area contributed by atoms with E-state index in [1.807, 2.05) is 63.2 Å². The number of rotatable bonds is 6. The first-order chi connectivity index (χ1) is 12.8. The molecular weight excluding hydrogens is 342 g/mol. The molecule has 1 N–H and O–H groups in total. The summed E-state index contributed by atoms with van der Waals surface area (Å²) < 4.78 is 11.4. The quantitative estimate of drug-likeness (QED) is 0.675. The summed E-state index contributed by atoms with van der Waals surface area (Å²) in [5, 5.41) is 3.33. The lowest BCUT2D eigenvalue weighted by Gasteiger charge is -2.25. The van der Waals surface area contributed by atoms with Crippen molar-refractivity contribution in [3.63, 3.8) is 0 Å². The third-order valence-electron chi connectivity index (χ3n) is 4.33. The number of ether oxygens (including phenoxy) is 2. The van der Waals surface area contributed by atoms with E-state index in [1.54, 1.807) is 0 Å². The van der Waals surface area contributed by atoms with Gasteiger partial charge in [-0.05, 0) is 32.4 Å². The molecule has 2 aromatic carbocycles. The SMILES string of the molecule is CC(=O)OC(CNC(C)(C)C)COc1cccc2c1-c1ccccc1C2=O. The molecule has 0 heterocycles. The van der Waals surface area contributed by atoms with Gasteiger partial charge in [0.25, 0.3) is 0 Å². The Kier molecular flexibility index (Phi) is 5.33. The number of ketones is 1. The van der Waals surface area contributed by atoms with Crippen LogP contribution in [-0.2, 0) is 9.53 Å². The Bertz CT molecular complexity index is 867. The first-order valence-corrected chi connectivity index (χ1v) is 9.08. The van der Waals surface area contributed by atoms with Crippen molar-refractivity contribution in [3.8, 4) is 16.9 Å². The van der Waals surface area contributed by atoms with E-state index in [2.05, 4.69) is 5.32 Å². The third-order valence-corrected chi connectivity index (χ3v) is 4.33. The van der Waals surface area contributed by atoms with Gasteiger partial charge >= 0.3 is 5.97 Å². The molecule has 142 valence electrons. The fourth-order valence-corrected chi connectivity index (χ4v) is 3.13. The van der Waals surface area contributed by atoms with E-state index in [0.717, 1.165) is 11.1 Å². The summed E-state index contributed by atoms with van der Waals surface area (Å²) in [6.07, 6.45) is -0.426. The minimum absolute atomic E-state index is 0.0111. The highest BCUT2D eigenvalue weighted by Crippen LogP contribution is 2.42. The van der Waals surface area contributed by atoms with Gasteiger partial charge < -0.3 is 14.8 Å². The van der Waals surface area contributed by atoms with Crippen molar-refractivity contribution in [2.75, 3.05) is 13.2 Å². The van der Waals surface area contributed by atoms with Gasteiger partial charge in [0.15, 0.2) is 5.78 Å². The molecule has 27 heavy (non-hydrogen) atoms. The van der Waals surface area contributed by atoms with Gasteiger partial charge in [0, 0.05) is 35.7 Å². The zero-order valence-electron chi connectivity index (χ0n) is 16.2. The summed E-state index contributed by atoms with van der Waals surface area (Å²) in [6.45, 7) is 8.21. The fourth-order valence-electron chi connectivity index (χ4n) is 3.13. The van der Waals surface area contributed by atoms with Gasteiger partial charge in [-0.3, -0.25) is 9.59 Å². The summed E-state index contributed by atoms with van der Waals surface area (Å²) >= 11 is 0. The molecule has 0 fully saturated rings. The second-order valence-electron chi connectivity index (χ2n) is 7.73.